The van der Waals surface area contributed by atoms with Gasteiger partial charge in [-0.25, -0.2) is 9.97 Å². The highest BCUT2D eigenvalue weighted by atomic mass is 32.2. The molecule has 0 fully saturated rings. The van der Waals surface area contributed by atoms with Crippen LogP contribution < -0.4 is 0 Å². The van der Waals surface area contributed by atoms with Crippen LogP contribution in [0.1, 0.15) is 0 Å². The van der Waals surface area contributed by atoms with Crippen LogP contribution in [0.25, 0.3) is 11.0 Å². The number of terminal acetylenes is 2. The fourth-order valence-corrected chi connectivity index (χ4v) is 2.83. The molecule has 0 N–H and O–H groups in total. The lowest BCUT2D eigenvalue weighted by molar-refractivity contribution is 0.972. The zero-order valence-electron chi connectivity index (χ0n) is 9.59. The van der Waals surface area contributed by atoms with Crippen LogP contribution in [0.15, 0.2) is 34.3 Å². The third-order valence-corrected chi connectivity index (χ3v) is 3.96. The van der Waals surface area contributed by atoms with Gasteiger partial charge in [0.25, 0.3) is 0 Å². The van der Waals surface area contributed by atoms with Crippen molar-refractivity contribution in [3.05, 3.63) is 24.3 Å². The second-order valence-electron chi connectivity index (χ2n) is 3.31. The Kier molecular flexibility index (Phi) is 4.52. The molecule has 1 aromatic carbocycles. The number of hydrogen-bond donors (Lipinski definition) is 0. The largest absolute Gasteiger partial charge is 0.237 e. The summed E-state index contributed by atoms with van der Waals surface area (Å²) in [6.07, 6.45) is 10.6. The molecule has 4 heteroatoms. The third-order valence-electron chi connectivity index (χ3n) is 2.09. The number of thioether (sulfide) groups is 2. The second-order valence-corrected chi connectivity index (χ2v) is 5.24. The molecule has 0 atom stereocenters. The molecule has 2 rings (SSSR count). The Bertz CT molecular complexity index is 582. The quantitative estimate of drug-likeness (QED) is 0.630. The number of fused-ring (bicyclic) bond motifs is 1. The first-order valence-corrected chi connectivity index (χ1v) is 7.21. The van der Waals surface area contributed by atoms with E-state index in [-0.39, 0.29) is 0 Å². The van der Waals surface area contributed by atoms with Crippen LogP contribution >= 0.6 is 23.5 Å². The molecule has 1 aromatic heterocycles. The minimum Gasteiger partial charge on any atom is -0.237 e. The van der Waals surface area contributed by atoms with E-state index in [2.05, 4.69) is 21.8 Å². The molecular weight excluding hydrogens is 260 g/mol. The average Bonchev–Trinajstić information content (AvgIpc) is 2.42. The molecule has 0 spiro atoms. The number of aromatic nitrogens is 2. The van der Waals surface area contributed by atoms with Crippen molar-refractivity contribution in [2.24, 2.45) is 0 Å². The van der Waals surface area contributed by atoms with E-state index in [9.17, 15) is 0 Å². The predicted octanol–water partition coefficient (Wildman–Crippen LogP) is 3.08. The molecule has 0 aliphatic rings. The first-order chi connectivity index (χ1) is 8.85. The molecule has 1 heterocycles. The van der Waals surface area contributed by atoms with Gasteiger partial charge in [0, 0.05) is 0 Å². The Balaban J connectivity index is 2.43. The molecule has 18 heavy (non-hydrogen) atoms. The van der Waals surface area contributed by atoms with Crippen molar-refractivity contribution in [2.75, 3.05) is 11.5 Å². The van der Waals surface area contributed by atoms with Crippen LogP contribution in [-0.2, 0) is 0 Å². The highest BCUT2D eigenvalue weighted by Crippen LogP contribution is 2.29. The highest BCUT2D eigenvalue weighted by Gasteiger charge is 2.09. The lowest BCUT2D eigenvalue weighted by Gasteiger charge is -2.06. The fourth-order valence-electron chi connectivity index (χ4n) is 1.38. The standard InChI is InChI=1S/C14H10N2S2/c1-3-9-17-13-14(18-10-4-2)16-12-8-6-5-7-11(12)15-13/h1-2,5-8H,9-10H2. The second kappa shape index (κ2) is 6.35. The summed E-state index contributed by atoms with van der Waals surface area (Å²) in [6, 6.07) is 7.78. The maximum absolute atomic E-state index is 5.28. The first-order valence-electron chi connectivity index (χ1n) is 5.24. The lowest BCUT2D eigenvalue weighted by atomic mass is 10.3. The SMILES string of the molecule is C#CCSc1nc2ccccc2nc1SCC#C. The predicted molar refractivity (Wildman–Crippen MR) is 78.7 cm³/mol. The molecule has 0 aliphatic heterocycles. The van der Waals surface area contributed by atoms with E-state index in [0.717, 1.165) is 21.1 Å². The Hall–Kier alpha value is -1.62. The highest BCUT2D eigenvalue weighted by molar-refractivity contribution is 8.02. The molecule has 2 nitrogen and oxygen atoms in total. The Morgan fingerprint density at radius 1 is 0.889 bits per heavy atom. The maximum Gasteiger partial charge on any atom is 0.130 e. The van der Waals surface area contributed by atoms with Crippen molar-refractivity contribution >= 4 is 34.6 Å². The molecule has 0 saturated heterocycles. The van der Waals surface area contributed by atoms with Gasteiger partial charge in [-0.2, -0.15) is 0 Å². The average molecular weight is 270 g/mol. The van der Waals surface area contributed by atoms with Crippen molar-refractivity contribution < 1.29 is 0 Å². The summed E-state index contributed by atoms with van der Waals surface area (Å²) in [4.78, 5) is 9.16. The molecule has 0 radical (unpaired) electrons. The molecule has 0 unspecified atom stereocenters. The van der Waals surface area contributed by atoms with Gasteiger partial charge in [0.1, 0.15) is 10.1 Å². The Labute approximate surface area is 115 Å². The van der Waals surface area contributed by atoms with E-state index in [1.165, 1.54) is 23.5 Å². The Morgan fingerprint density at radius 2 is 1.33 bits per heavy atom. The van der Waals surface area contributed by atoms with Gasteiger partial charge >= 0.3 is 0 Å². The van der Waals surface area contributed by atoms with Gasteiger partial charge in [-0.3, -0.25) is 0 Å². The fraction of sp³-hybridized carbons (Fsp3) is 0.143. The molecule has 0 saturated carbocycles. The molecule has 88 valence electrons. The summed E-state index contributed by atoms with van der Waals surface area (Å²) in [6.45, 7) is 0. The number of para-hydroxylation sites is 2. The van der Waals surface area contributed by atoms with Crippen molar-refractivity contribution in [1.29, 1.82) is 0 Å². The smallest absolute Gasteiger partial charge is 0.130 e. The third kappa shape index (κ3) is 2.98. The van der Waals surface area contributed by atoms with Crippen LogP contribution in [0.5, 0.6) is 0 Å². The molecule has 0 aliphatic carbocycles. The van der Waals surface area contributed by atoms with E-state index in [1.807, 2.05) is 24.3 Å². The minimum atomic E-state index is 0.580. The van der Waals surface area contributed by atoms with Crippen molar-refractivity contribution in [1.82, 2.24) is 9.97 Å². The van der Waals surface area contributed by atoms with Gasteiger partial charge in [0.15, 0.2) is 0 Å². The zero-order valence-corrected chi connectivity index (χ0v) is 11.2. The van der Waals surface area contributed by atoms with Gasteiger partial charge in [0.2, 0.25) is 0 Å². The van der Waals surface area contributed by atoms with Crippen molar-refractivity contribution in [3.63, 3.8) is 0 Å². The van der Waals surface area contributed by atoms with Crippen LogP contribution in [0, 0.1) is 24.7 Å². The molecule has 0 amide bonds. The molecule has 0 bridgehead atoms. The first kappa shape index (κ1) is 12.8. The van der Waals surface area contributed by atoms with Crippen LogP contribution in [0.2, 0.25) is 0 Å². The van der Waals surface area contributed by atoms with Gasteiger partial charge < -0.3 is 0 Å². The van der Waals surface area contributed by atoms with Gasteiger partial charge in [0.05, 0.1) is 22.5 Å². The topological polar surface area (TPSA) is 25.8 Å². The minimum absolute atomic E-state index is 0.580. The summed E-state index contributed by atoms with van der Waals surface area (Å²) >= 11 is 3.03. The normalized spacial score (nSPS) is 9.89. The number of hydrogen-bond acceptors (Lipinski definition) is 4. The number of benzene rings is 1. The number of nitrogens with zero attached hydrogens (tertiary/aromatic N) is 2. The summed E-state index contributed by atoms with van der Waals surface area (Å²) in [5.41, 5.74) is 1.75. The van der Waals surface area contributed by atoms with Crippen molar-refractivity contribution in [3.8, 4) is 24.7 Å². The monoisotopic (exact) mass is 270 g/mol. The maximum atomic E-state index is 5.28. The number of rotatable bonds is 4. The van der Waals surface area contributed by atoms with E-state index in [0.29, 0.717) is 11.5 Å². The summed E-state index contributed by atoms with van der Waals surface area (Å²) in [5, 5.41) is 1.71. The summed E-state index contributed by atoms with van der Waals surface area (Å²) < 4.78 is 0. The van der Waals surface area contributed by atoms with Crippen LogP contribution in [0.3, 0.4) is 0 Å². The van der Waals surface area contributed by atoms with E-state index >= 15 is 0 Å². The van der Waals surface area contributed by atoms with Crippen LogP contribution in [-0.4, -0.2) is 21.5 Å². The van der Waals surface area contributed by atoms with E-state index in [4.69, 9.17) is 12.8 Å². The molecule has 2 aromatic rings. The van der Waals surface area contributed by atoms with E-state index < -0.39 is 0 Å². The Morgan fingerprint density at radius 3 is 1.72 bits per heavy atom. The van der Waals surface area contributed by atoms with Gasteiger partial charge in [-0.1, -0.05) is 47.5 Å². The molecular formula is C14H10N2S2. The lowest BCUT2D eigenvalue weighted by Crippen LogP contribution is -1.93. The van der Waals surface area contributed by atoms with E-state index in [1.54, 1.807) is 0 Å². The summed E-state index contributed by atoms with van der Waals surface area (Å²) in [7, 11) is 0. The van der Waals surface area contributed by atoms with Crippen LogP contribution in [0.4, 0.5) is 0 Å². The van der Waals surface area contributed by atoms with Crippen molar-refractivity contribution in [2.45, 2.75) is 10.1 Å². The zero-order chi connectivity index (χ0) is 12.8. The summed E-state index contributed by atoms with van der Waals surface area (Å²) in [5.74, 6) is 6.35. The van der Waals surface area contributed by atoms with Gasteiger partial charge in [-0.05, 0) is 12.1 Å². The van der Waals surface area contributed by atoms with Gasteiger partial charge in [-0.15, -0.1) is 12.8 Å².